The van der Waals surface area contributed by atoms with Crippen LogP contribution in [0.5, 0.6) is 0 Å². The summed E-state index contributed by atoms with van der Waals surface area (Å²) in [4.78, 5) is 11.3. The van der Waals surface area contributed by atoms with Gasteiger partial charge in [0.05, 0.1) is 6.61 Å². The summed E-state index contributed by atoms with van der Waals surface area (Å²) in [6, 6.07) is 0. The van der Waals surface area contributed by atoms with Crippen molar-refractivity contribution in [2.75, 3.05) is 6.61 Å². The molecule has 1 fully saturated rings. The largest absolute Gasteiger partial charge is 0.392 e. The van der Waals surface area contributed by atoms with Gasteiger partial charge < -0.3 is 5.11 Å². The maximum Gasteiger partial charge on any atom is 0.136 e. The molecule has 0 aromatic rings. The number of rotatable bonds is 3. The van der Waals surface area contributed by atoms with Crippen molar-refractivity contribution in [2.24, 2.45) is 5.92 Å². The van der Waals surface area contributed by atoms with E-state index in [1.807, 2.05) is 6.08 Å². The monoisotopic (exact) mass is 168 g/mol. The van der Waals surface area contributed by atoms with Gasteiger partial charge in [-0.2, -0.15) is 0 Å². The lowest BCUT2D eigenvalue weighted by atomic mass is 9.86. The fourth-order valence-electron chi connectivity index (χ4n) is 1.64. The first-order valence-electron chi connectivity index (χ1n) is 4.63. The predicted molar refractivity (Wildman–Crippen MR) is 47.8 cm³/mol. The van der Waals surface area contributed by atoms with Gasteiger partial charge in [0, 0.05) is 12.3 Å². The molecule has 0 amide bonds. The number of aliphatic hydroxyl groups is 1. The van der Waals surface area contributed by atoms with Crippen molar-refractivity contribution in [2.45, 2.75) is 32.1 Å². The van der Waals surface area contributed by atoms with Gasteiger partial charge in [-0.25, -0.2) is 0 Å². The topological polar surface area (TPSA) is 37.3 Å². The highest BCUT2D eigenvalue weighted by Crippen LogP contribution is 2.23. The van der Waals surface area contributed by atoms with Crippen LogP contribution in [0.25, 0.3) is 0 Å². The summed E-state index contributed by atoms with van der Waals surface area (Å²) in [5.41, 5.74) is 0. The number of aliphatic hydroxyl groups excluding tert-OH is 1. The van der Waals surface area contributed by atoms with Crippen LogP contribution in [-0.4, -0.2) is 17.5 Å². The molecule has 1 atom stereocenters. The molecule has 0 spiro atoms. The quantitative estimate of drug-likeness (QED) is 0.651. The molecule has 0 aromatic heterocycles. The Balaban J connectivity index is 2.29. The smallest absolute Gasteiger partial charge is 0.136 e. The average Bonchev–Trinajstić information content (AvgIpc) is 2.09. The highest BCUT2D eigenvalue weighted by atomic mass is 16.2. The van der Waals surface area contributed by atoms with Gasteiger partial charge in [0.1, 0.15) is 5.78 Å². The van der Waals surface area contributed by atoms with Crippen molar-refractivity contribution in [3.8, 4) is 0 Å². The number of allylic oxidation sites excluding steroid dienone is 1. The summed E-state index contributed by atoms with van der Waals surface area (Å²) >= 11 is 0. The van der Waals surface area contributed by atoms with E-state index in [2.05, 4.69) is 0 Å². The molecular formula is C10H16O2. The Kier molecular flexibility index (Phi) is 4.01. The predicted octanol–water partition coefficient (Wildman–Crippen LogP) is 1.68. The third-order valence-electron chi connectivity index (χ3n) is 2.37. The average molecular weight is 168 g/mol. The van der Waals surface area contributed by atoms with E-state index in [1.54, 1.807) is 6.08 Å². The van der Waals surface area contributed by atoms with E-state index in [-0.39, 0.29) is 12.5 Å². The first-order valence-corrected chi connectivity index (χ1v) is 4.63. The summed E-state index contributed by atoms with van der Waals surface area (Å²) in [5, 5.41) is 8.49. The fourth-order valence-corrected chi connectivity index (χ4v) is 1.64. The second kappa shape index (κ2) is 5.09. The maximum atomic E-state index is 11.3. The van der Waals surface area contributed by atoms with Crippen LogP contribution in [0.3, 0.4) is 0 Å². The van der Waals surface area contributed by atoms with Gasteiger partial charge in [0.25, 0.3) is 0 Å². The fraction of sp³-hybridized carbons (Fsp3) is 0.700. The van der Waals surface area contributed by atoms with Gasteiger partial charge in [-0.3, -0.25) is 4.79 Å². The highest BCUT2D eigenvalue weighted by Gasteiger charge is 2.20. The van der Waals surface area contributed by atoms with Crippen LogP contribution in [0, 0.1) is 5.92 Å². The summed E-state index contributed by atoms with van der Waals surface area (Å²) in [6.07, 6.45) is 8.49. The van der Waals surface area contributed by atoms with Crippen LogP contribution < -0.4 is 0 Å². The van der Waals surface area contributed by atoms with Gasteiger partial charge in [0.2, 0.25) is 0 Å². The molecule has 2 heteroatoms. The SMILES string of the molecule is O=C1CCCCC1C/C=C/CO. The van der Waals surface area contributed by atoms with Crippen LogP contribution in [0.15, 0.2) is 12.2 Å². The summed E-state index contributed by atoms with van der Waals surface area (Å²) < 4.78 is 0. The number of carbonyl (C=O) groups is 1. The third kappa shape index (κ3) is 2.78. The van der Waals surface area contributed by atoms with Crippen molar-refractivity contribution in [1.82, 2.24) is 0 Å². The van der Waals surface area contributed by atoms with Crippen LogP contribution in [-0.2, 0) is 4.79 Å². The summed E-state index contributed by atoms with van der Waals surface area (Å²) in [6.45, 7) is 0.0842. The molecule has 1 N–H and O–H groups in total. The number of carbonyl (C=O) groups excluding carboxylic acids is 1. The molecule has 0 aliphatic heterocycles. The molecule has 2 nitrogen and oxygen atoms in total. The molecule has 12 heavy (non-hydrogen) atoms. The van der Waals surface area contributed by atoms with Gasteiger partial charge in [0.15, 0.2) is 0 Å². The Bertz CT molecular complexity index is 173. The number of Topliss-reactive ketones (excluding diaryl/α,β-unsaturated/α-hetero) is 1. The third-order valence-corrected chi connectivity index (χ3v) is 2.37. The zero-order chi connectivity index (χ0) is 8.81. The summed E-state index contributed by atoms with van der Waals surface area (Å²) in [7, 11) is 0. The second-order valence-electron chi connectivity index (χ2n) is 3.30. The molecule has 1 unspecified atom stereocenters. The Labute approximate surface area is 73.3 Å². The van der Waals surface area contributed by atoms with E-state index >= 15 is 0 Å². The van der Waals surface area contributed by atoms with Gasteiger partial charge >= 0.3 is 0 Å². The minimum absolute atomic E-state index is 0.0842. The standard InChI is InChI=1S/C10H16O2/c11-8-4-3-6-9-5-1-2-7-10(9)12/h3-4,9,11H,1-2,5-8H2/b4-3+. The lowest BCUT2D eigenvalue weighted by Gasteiger charge is -2.18. The maximum absolute atomic E-state index is 11.3. The normalized spacial score (nSPS) is 25.1. The zero-order valence-electron chi connectivity index (χ0n) is 7.33. The van der Waals surface area contributed by atoms with Crippen LogP contribution >= 0.6 is 0 Å². The summed E-state index contributed by atoms with van der Waals surface area (Å²) in [5.74, 6) is 0.644. The van der Waals surface area contributed by atoms with Crippen molar-refractivity contribution >= 4 is 5.78 Å². The minimum atomic E-state index is 0.0842. The molecule has 0 bridgehead atoms. The van der Waals surface area contributed by atoms with E-state index in [0.717, 1.165) is 25.7 Å². The van der Waals surface area contributed by atoms with Crippen molar-refractivity contribution in [3.05, 3.63) is 12.2 Å². The van der Waals surface area contributed by atoms with Crippen LogP contribution in [0.2, 0.25) is 0 Å². The van der Waals surface area contributed by atoms with E-state index in [1.165, 1.54) is 6.42 Å². The lowest BCUT2D eigenvalue weighted by Crippen LogP contribution is -2.18. The van der Waals surface area contributed by atoms with E-state index < -0.39 is 0 Å². The molecule has 1 aliphatic rings. The Hall–Kier alpha value is -0.630. The minimum Gasteiger partial charge on any atom is -0.392 e. The van der Waals surface area contributed by atoms with Gasteiger partial charge in [-0.1, -0.05) is 18.6 Å². The van der Waals surface area contributed by atoms with Crippen LogP contribution in [0.1, 0.15) is 32.1 Å². The highest BCUT2D eigenvalue weighted by molar-refractivity contribution is 5.81. The molecule has 0 saturated heterocycles. The van der Waals surface area contributed by atoms with Gasteiger partial charge in [-0.05, 0) is 19.3 Å². The van der Waals surface area contributed by atoms with E-state index in [4.69, 9.17) is 5.11 Å². The van der Waals surface area contributed by atoms with Crippen molar-refractivity contribution in [3.63, 3.8) is 0 Å². The second-order valence-corrected chi connectivity index (χ2v) is 3.30. The molecule has 0 heterocycles. The Morgan fingerprint density at radius 3 is 2.92 bits per heavy atom. The van der Waals surface area contributed by atoms with E-state index in [9.17, 15) is 4.79 Å². The van der Waals surface area contributed by atoms with Gasteiger partial charge in [-0.15, -0.1) is 0 Å². The molecule has 0 radical (unpaired) electrons. The first-order chi connectivity index (χ1) is 5.84. The molecule has 1 rings (SSSR count). The molecule has 68 valence electrons. The number of hydrogen-bond acceptors (Lipinski definition) is 2. The zero-order valence-corrected chi connectivity index (χ0v) is 7.33. The molecular weight excluding hydrogens is 152 g/mol. The van der Waals surface area contributed by atoms with Crippen LogP contribution in [0.4, 0.5) is 0 Å². The molecule has 1 saturated carbocycles. The van der Waals surface area contributed by atoms with E-state index in [0.29, 0.717) is 5.78 Å². The number of ketones is 1. The Morgan fingerprint density at radius 2 is 2.25 bits per heavy atom. The molecule has 0 aromatic carbocycles. The van der Waals surface area contributed by atoms with Crippen molar-refractivity contribution in [1.29, 1.82) is 0 Å². The first kappa shape index (κ1) is 9.46. The number of hydrogen-bond donors (Lipinski definition) is 1. The Morgan fingerprint density at radius 1 is 1.42 bits per heavy atom. The lowest BCUT2D eigenvalue weighted by molar-refractivity contribution is -0.124. The molecule has 1 aliphatic carbocycles. The van der Waals surface area contributed by atoms with Crippen molar-refractivity contribution < 1.29 is 9.90 Å².